The lowest BCUT2D eigenvalue weighted by Crippen LogP contribution is -2.24. The maximum absolute atomic E-state index is 9.22. The average molecular weight is 260 g/mol. The van der Waals surface area contributed by atoms with E-state index in [0.717, 1.165) is 12.8 Å². The Morgan fingerprint density at radius 3 is 2.11 bits per heavy atom. The standard InChI is InChI=1S/C15H32O3/c1-3-5-6-7-8-9-10-11-15(4-2)18-13-14(17)12-16/h14-17H,3-13H2,1-2H3. The Bertz CT molecular complexity index is 162. The zero-order chi connectivity index (χ0) is 13.6. The van der Waals surface area contributed by atoms with Gasteiger partial charge in [0.2, 0.25) is 0 Å². The number of hydrogen-bond donors (Lipinski definition) is 2. The normalized spacial score (nSPS) is 14.7. The van der Waals surface area contributed by atoms with Gasteiger partial charge in [0.05, 0.1) is 19.3 Å². The van der Waals surface area contributed by atoms with Crippen molar-refractivity contribution >= 4 is 0 Å². The van der Waals surface area contributed by atoms with Gasteiger partial charge in [-0.1, -0.05) is 58.8 Å². The summed E-state index contributed by atoms with van der Waals surface area (Å²) in [5, 5.41) is 17.9. The van der Waals surface area contributed by atoms with E-state index in [1.54, 1.807) is 0 Å². The molecule has 0 bridgehead atoms. The highest BCUT2D eigenvalue weighted by atomic mass is 16.5. The largest absolute Gasteiger partial charge is 0.394 e. The second kappa shape index (κ2) is 13.3. The molecular formula is C15H32O3. The Balaban J connectivity index is 3.38. The Kier molecular flexibility index (Phi) is 13.2. The maximum atomic E-state index is 9.22. The van der Waals surface area contributed by atoms with E-state index in [0.29, 0.717) is 0 Å². The molecule has 2 N–H and O–H groups in total. The molecule has 2 unspecified atom stereocenters. The highest BCUT2D eigenvalue weighted by Gasteiger charge is 2.09. The summed E-state index contributed by atoms with van der Waals surface area (Å²) >= 11 is 0. The van der Waals surface area contributed by atoms with Crippen LogP contribution >= 0.6 is 0 Å². The van der Waals surface area contributed by atoms with Gasteiger partial charge in [-0.25, -0.2) is 0 Å². The SMILES string of the molecule is CCCCCCCCCC(CC)OCC(O)CO. The molecule has 0 spiro atoms. The van der Waals surface area contributed by atoms with Crippen molar-refractivity contribution in [3.05, 3.63) is 0 Å². The summed E-state index contributed by atoms with van der Waals surface area (Å²) in [4.78, 5) is 0. The Morgan fingerprint density at radius 1 is 0.944 bits per heavy atom. The van der Waals surface area contributed by atoms with Gasteiger partial charge in [0.15, 0.2) is 0 Å². The summed E-state index contributed by atoms with van der Waals surface area (Å²) < 4.78 is 5.58. The third-order valence-electron chi connectivity index (χ3n) is 3.32. The lowest BCUT2D eigenvalue weighted by atomic mass is 10.1. The number of ether oxygens (including phenoxy) is 1. The highest BCUT2D eigenvalue weighted by molar-refractivity contribution is 4.59. The van der Waals surface area contributed by atoms with E-state index in [9.17, 15) is 5.11 Å². The summed E-state index contributed by atoms with van der Waals surface area (Å²) in [5.41, 5.74) is 0. The molecular weight excluding hydrogens is 228 g/mol. The number of aliphatic hydroxyl groups is 2. The predicted molar refractivity (Wildman–Crippen MR) is 75.7 cm³/mol. The van der Waals surface area contributed by atoms with Crippen LogP contribution in [0.4, 0.5) is 0 Å². The molecule has 3 nitrogen and oxygen atoms in total. The van der Waals surface area contributed by atoms with Gasteiger partial charge in [0.1, 0.15) is 6.10 Å². The number of aliphatic hydroxyl groups excluding tert-OH is 2. The Labute approximate surface area is 113 Å². The first-order valence-corrected chi connectivity index (χ1v) is 7.65. The van der Waals surface area contributed by atoms with Crippen molar-refractivity contribution in [2.24, 2.45) is 0 Å². The van der Waals surface area contributed by atoms with Crippen LogP contribution in [0.15, 0.2) is 0 Å². The summed E-state index contributed by atoms with van der Waals surface area (Å²) in [7, 11) is 0. The van der Waals surface area contributed by atoms with Crippen molar-refractivity contribution in [3.8, 4) is 0 Å². The van der Waals surface area contributed by atoms with Gasteiger partial charge < -0.3 is 14.9 Å². The zero-order valence-corrected chi connectivity index (χ0v) is 12.2. The van der Waals surface area contributed by atoms with Gasteiger partial charge >= 0.3 is 0 Å². The van der Waals surface area contributed by atoms with Gasteiger partial charge in [0, 0.05) is 0 Å². The predicted octanol–water partition coefficient (Wildman–Crippen LogP) is 3.28. The summed E-state index contributed by atoms with van der Waals surface area (Å²) in [6, 6.07) is 0. The minimum absolute atomic E-state index is 0.214. The van der Waals surface area contributed by atoms with Crippen molar-refractivity contribution in [2.75, 3.05) is 13.2 Å². The molecule has 110 valence electrons. The van der Waals surface area contributed by atoms with Gasteiger partial charge in [0.25, 0.3) is 0 Å². The number of rotatable bonds is 13. The quantitative estimate of drug-likeness (QED) is 0.500. The molecule has 0 aliphatic rings. The third kappa shape index (κ3) is 11.0. The van der Waals surface area contributed by atoms with E-state index in [1.165, 1.54) is 44.9 Å². The van der Waals surface area contributed by atoms with Crippen molar-refractivity contribution < 1.29 is 14.9 Å². The molecule has 0 saturated heterocycles. The first-order valence-electron chi connectivity index (χ1n) is 7.65. The van der Waals surface area contributed by atoms with Crippen LogP contribution in [0, 0.1) is 0 Å². The monoisotopic (exact) mass is 260 g/mol. The lowest BCUT2D eigenvalue weighted by Gasteiger charge is -2.17. The van der Waals surface area contributed by atoms with Crippen LogP contribution in [0.1, 0.15) is 71.6 Å². The van der Waals surface area contributed by atoms with Crippen LogP contribution in [0.2, 0.25) is 0 Å². The maximum Gasteiger partial charge on any atom is 0.100 e. The van der Waals surface area contributed by atoms with E-state index in [2.05, 4.69) is 13.8 Å². The molecule has 0 aliphatic carbocycles. The van der Waals surface area contributed by atoms with Gasteiger partial charge in [-0.05, 0) is 12.8 Å². The molecule has 0 fully saturated rings. The molecule has 3 heteroatoms. The molecule has 0 saturated carbocycles. The fraction of sp³-hybridized carbons (Fsp3) is 1.00. The lowest BCUT2D eigenvalue weighted by molar-refractivity contribution is -0.0328. The molecule has 0 aromatic carbocycles. The zero-order valence-electron chi connectivity index (χ0n) is 12.2. The number of unbranched alkanes of at least 4 members (excludes halogenated alkanes) is 6. The summed E-state index contributed by atoms with van der Waals surface area (Å²) in [6.45, 7) is 4.39. The van der Waals surface area contributed by atoms with Crippen LogP contribution < -0.4 is 0 Å². The van der Waals surface area contributed by atoms with Crippen LogP contribution in [0.5, 0.6) is 0 Å². The molecule has 0 radical (unpaired) electrons. The molecule has 0 amide bonds. The Hall–Kier alpha value is -0.120. The first kappa shape index (κ1) is 17.9. The first-order chi connectivity index (χ1) is 8.74. The summed E-state index contributed by atoms with van der Waals surface area (Å²) in [5.74, 6) is 0. The van der Waals surface area contributed by atoms with E-state index >= 15 is 0 Å². The third-order valence-corrected chi connectivity index (χ3v) is 3.32. The molecule has 0 aromatic heterocycles. The fourth-order valence-corrected chi connectivity index (χ4v) is 2.03. The van der Waals surface area contributed by atoms with Crippen molar-refractivity contribution in [2.45, 2.75) is 83.8 Å². The van der Waals surface area contributed by atoms with Crippen molar-refractivity contribution in [1.82, 2.24) is 0 Å². The molecule has 0 rings (SSSR count). The second-order valence-electron chi connectivity index (χ2n) is 5.11. The molecule has 2 atom stereocenters. The van der Waals surface area contributed by atoms with Crippen molar-refractivity contribution in [1.29, 1.82) is 0 Å². The van der Waals surface area contributed by atoms with Crippen LogP contribution in [-0.4, -0.2) is 35.6 Å². The molecule has 18 heavy (non-hydrogen) atoms. The average Bonchev–Trinajstić information content (AvgIpc) is 2.40. The van der Waals surface area contributed by atoms with E-state index in [4.69, 9.17) is 9.84 Å². The van der Waals surface area contributed by atoms with E-state index in [-0.39, 0.29) is 19.3 Å². The van der Waals surface area contributed by atoms with Crippen LogP contribution in [0.25, 0.3) is 0 Å². The van der Waals surface area contributed by atoms with Gasteiger partial charge in [-0.3, -0.25) is 0 Å². The van der Waals surface area contributed by atoms with E-state index in [1.807, 2.05) is 0 Å². The highest BCUT2D eigenvalue weighted by Crippen LogP contribution is 2.13. The smallest absolute Gasteiger partial charge is 0.100 e. The summed E-state index contributed by atoms with van der Waals surface area (Å²) in [6.07, 6.45) is 10.8. The van der Waals surface area contributed by atoms with Gasteiger partial charge in [-0.2, -0.15) is 0 Å². The topological polar surface area (TPSA) is 49.7 Å². The van der Waals surface area contributed by atoms with Crippen LogP contribution in [-0.2, 0) is 4.74 Å². The van der Waals surface area contributed by atoms with E-state index < -0.39 is 6.10 Å². The minimum Gasteiger partial charge on any atom is -0.394 e. The minimum atomic E-state index is -0.729. The second-order valence-corrected chi connectivity index (χ2v) is 5.11. The number of hydrogen-bond acceptors (Lipinski definition) is 3. The Morgan fingerprint density at radius 2 is 1.56 bits per heavy atom. The van der Waals surface area contributed by atoms with Gasteiger partial charge in [-0.15, -0.1) is 0 Å². The van der Waals surface area contributed by atoms with Crippen molar-refractivity contribution in [3.63, 3.8) is 0 Å². The molecule has 0 aliphatic heterocycles. The van der Waals surface area contributed by atoms with Crippen LogP contribution in [0.3, 0.4) is 0 Å². The fourth-order valence-electron chi connectivity index (χ4n) is 2.03. The molecule has 0 aromatic rings. The molecule has 0 heterocycles.